The Morgan fingerprint density at radius 1 is 1.04 bits per heavy atom. The number of amides is 3. The van der Waals surface area contributed by atoms with Gasteiger partial charge in [-0.15, -0.1) is 0 Å². The summed E-state index contributed by atoms with van der Waals surface area (Å²) < 4.78 is 13.4. The number of fused-ring (bicyclic) bond motifs is 1. The van der Waals surface area contributed by atoms with E-state index >= 15 is 0 Å². The number of nitrogens with one attached hydrogen (secondary N) is 1. The number of carbonyl (C=O) groups excluding carboxylic acids is 3. The van der Waals surface area contributed by atoms with E-state index in [9.17, 15) is 18.8 Å². The average Bonchev–Trinajstić information content (AvgIpc) is 2.91. The molecular formula is C22H17FN2O3. The number of rotatable bonds is 4. The van der Waals surface area contributed by atoms with Gasteiger partial charge in [-0.25, -0.2) is 9.18 Å². The van der Waals surface area contributed by atoms with Crippen LogP contribution in [0, 0.1) is 5.82 Å². The number of ketones is 1. The van der Waals surface area contributed by atoms with Crippen LogP contribution in [0.3, 0.4) is 0 Å². The predicted octanol–water partition coefficient (Wildman–Crippen LogP) is 3.63. The van der Waals surface area contributed by atoms with Crippen molar-refractivity contribution < 1.29 is 18.8 Å². The van der Waals surface area contributed by atoms with Crippen LogP contribution in [-0.2, 0) is 10.3 Å². The van der Waals surface area contributed by atoms with E-state index in [4.69, 9.17) is 0 Å². The molecule has 1 atom stereocenters. The van der Waals surface area contributed by atoms with Crippen LogP contribution in [0.5, 0.6) is 0 Å². The number of halogens is 1. The van der Waals surface area contributed by atoms with E-state index < -0.39 is 35.6 Å². The van der Waals surface area contributed by atoms with E-state index in [0.29, 0.717) is 5.56 Å². The van der Waals surface area contributed by atoms with Gasteiger partial charge in [0.1, 0.15) is 11.4 Å². The maximum absolute atomic E-state index is 13.4. The third-order valence-electron chi connectivity index (χ3n) is 5.05. The fourth-order valence-corrected chi connectivity index (χ4v) is 3.58. The molecule has 28 heavy (non-hydrogen) atoms. The first-order chi connectivity index (χ1) is 13.4. The lowest BCUT2D eigenvalue weighted by Gasteiger charge is -2.24. The second-order valence-electron chi connectivity index (χ2n) is 6.91. The SMILES string of the molecule is C[C@]1(c2cccc3ccccc23)NC(=O)N(CC(=O)c2cccc(F)c2)C1=O. The Labute approximate surface area is 160 Å². The maximum Gasteiger partial charge on any atom is 0.325 e. The fraction of sp³-hybridized carbons (Fsp3) is 0.136. The summed E-state index contributed by atoms with van der Waals surface area (Å²) in [7, 11) is 0. The van der Waals surface area contributed by atoms with Crippen LogP contribution in [0.25, 0.3) is 10.8 Å². The van der Waals surface area contributed by atoms with E-state index in [1.807, 2.05) is 36.4 Å². The van der Waals surface area contributed by atoms with Gasteiger partial charge in [0.2, 0.25) is 0 Å². The lowest BCUT2D eigenvalue weighted by atomic mass is 9.88. The van der Waals surface area contributed by atoms with Gasteiger partial charge in [0.15, 0.2) is 5.78 Å². The second-order valence-corrected chi connectivity index (χ2v) is 6.91. The molecule has 3 aromatic carbocycles. The number of imide groups is 1. The molecule has 0 bridgehead atoms. The Morgan fingerprint density at radius 3 is 2.54 bits per heavy atom. The highest BCUT2D eigenvalue weighted by molar-refractivity contribution is 6.12. The molecule has 1 saturated heterocycles. The second kappa shape index (κ2) is 6.56. The van der Waals surface area contributed by atoms with Crippen molar-refractivity contribution in [3.8, 4) is 0 Å². The summed E-state index contributed by atoms with van der Waals surface area (Å²) in [6, 6.07) is 17.6. The summed E-state index contributed by atoms with van der Waals surface area (Å²) in [5.41, 5.74) is -0.524. The summed E-state index contributed by atoms with van der Waals surface area (Å²) in [5, 5.41) is 4.51. The number of Topliss-reactive ketones (excluding diaryl/α,β-unsaturated/α-hetero) is 1. The molecule has 0 saturated carbocycles. The van der Waals surface area contributed by atoms with Crippen molar-refractivity contribution in [1.29, 1.82) is 0 Å². The minimum Gasteiger partial charge on any atom is -0.319 e. The summed E-state index contributed by atoms with van der Waals surface area (Å²) in [4.78, 5) is 39.0. The quantitative estimate of drug-likeness (QED) is 0.559. The molecule has 5 nitrogen and oxygen atoms in total. The zero-order valence-electron chi connectivity index (χ0n) is 15.1. The van der Waals surface area contributed by atoms with Crippen LogP contribution in [-0.4, -0.2) is 29.2 Å². The minimum atomic E-state index is -1.29. The summed E-state index contributed by atoms with van der Waals surface area (Å²) in [6.07, 6.45) is 0. The molecular weight excluding hydrogens is 359 g/mol. The molecule has 0 unspecified atom stereocenters. The third kappa shape index (κ3) is 2.83. The van der Waals surface area contributed by atoms with Crippen molar-refractivity contribution in [3.05, 3.63) is 83.7 Å². The maximum atomic E-state index is 13.4. The van der Waals surface area contributed by atoms with Gasteiger partial charge in [0, 0.05) is 5.56 Å². The number of hydrogen-bond acceptors (Lipinski definition) is 3. The van der Waals surface area contributed by atoms with Gasteiger partial charge in [-0.3, -0.25) is 14.5 Å². The van der Waals surface area contributed by atoms with Gasteiger partial charge >= 0.3 is 6.03 Å². The smallest absolute Gasteiger partial charge is 0.319 e. The number of benzene rings is 3. The summed E-state index contributed by atoms with van der Waals surface area (Å²) >= 11 is 0. The molecule has 0 aromatic heterocycles. The van der Waals surface area contributed by atoms with E-state index in [1.165, 1.54) is 18.2 Å². The standard InChI is InChI=1S/C22H17FN2O3/c1-22(18-11-5-7-14-6-2-3-10-17(14)18)20(27)25(21(28)24-22)13-19(26)15-8-4-9-16(23)12-15/h2-12H,13H2,1H3,(H,24,28)/t22-/m1/s1. The van der Waals surface area contributed by atoms with Crippen molar-refractivity contribution in [2.75, 3.05) is 6.54 Å². The van der Waals surface area contributed by atoms with E-state index in [1.54, 1.807) is 13.0 Å². The Kier molecular flexibility index (Phi) is 4.19. The molecule has 3 amide bonds. The minimum absolute atomic E-state index is 0.111. The first-order valence-corrected chi connectivity index (χ1v) is 8.81. The molecule has 1 aliphatic rings. The third-order valence-corrected chi connectivity index (χ3v) is 5.05. The summed E-state index contributed by atoms with van der Waals surface area (Å²) in [6.45, 7) is 1.18. The van der Waals surface area contributed by atoms with Crippen molar-refractivity contribution in [3.63, 3.8) is 0 Å². The Bertz CT molecular complexity index is 1120. The van der Waals surface area contributed by atoms with Gasteiger partial charge in [0.25, 0.3) is 5.91 Å². The molecule has 1 aliphatic heterocycles. The lowest BCUT2D eigenvalue weighted by molar-refractivity contribution is -0.130. The highest BCUT2D eigenvalue weighted by Crippen LogP contribution is 2.33. The molecule has 3 aromatic rings. The molecule has 0 spiro atoms. The van der Waals surface area contributed by atoms with Crippen LogP contribution in [0.2, 0.25) is 0 Å². The number of carbonyl (C=O) groups is 3. The van der Waals surface area contributed by atoms with Crippen molar-refractivity contribution in [1.82, 2.24) is 10.2 Å². The predicted molar refractivity (Wildman–Crippen MR) is 102 cm³/mol. The van der Waals surface area contributed by atoms with Crippen LogP contribution in [0.1, 0.15) is 22.8 Å². The molecule has 0 aliphatic carbocycles. The molecule has 140 valence electrons. The number of urea groups is 1. The van der Waals surface area contributed by atoms with E-state index in [-0.39, 0.29) is 5.56 Å². The van der Waals surface area contributed by atoms with Gasteiger partial charge in [-0.2, -0.15) is 0 Å². The van der Waals surface area contributed by atoms with Gasteiger partial charge in [-0.05, 0) is 35.4 Å². The zero-order chi connectivity index (χ0) is 19.9. The highest BCUT2D eigenvalue weighted by Gasteiger charge is 2.50. The van der Waals surface area contributed by atoms with Crippen LogP contribution in [0.15, 0.2) is 66.7 Å². The molecule has 1 heterocycles. The first-order valence-electron chi connectivity index (χ1n) is 8.81. The van der Waals surface area contributed by atoms with Crippen molar-refractivity contribution >= 4 is 28.5 Å². The first kappa shape index (κ1) is 17.9. The average molecular weight is 376 g/mol. The Hall–Kier alpha value is -3.54. The van der Waals surface area contributed by atoms with E-state index in [2.05, 4.69) is 5.32 Å². The fourth-order valence-electron chi connectivity index (χ4n) is 3.58. The molecule has 0 radical (unpaired) electrons. The molecule has 1 N–H and O–H groups in total. The van der Waals surface area contributed by atoms with Crippen molar-refractivity contribution in [2.45, 2.75) is 12.5 Å². The van der Waals surface area contributed by atoms with Crippen LogP contribution < -0.4 is 5.32 Å². The highest BCUT2D eigenvalue weighted by atomic mass is 19.1. The van der Waals surface area contributed by atoms with Crippen LogP contribution in [0.4, 0.5) is 9.18 Å². The normalized spacial score (nSPS) is 19.1. The molecule has 1 fully saturated rings. The van der Waals surface area contributed by atoms with Gasteiger partial charge in [-0.1, -0.05) is 54.6 Å². The molecule has 4 rings (SSSR count). The topological polar surface area (TPSA) is 66.5 Å². The van der Waals surface area contributed by atoms with Crippen LogP contribution >= 0.6 is 0 Å². The largest absolute Gasteiger partial charge is 0.325 e. The van der Waals surface area contributed by atoms with Gasteiger partial charge < -0.3 is 5.32 Å². The van der Waals surface area contributed by atoms with Gasteiger partial charge in [0.05, 0.1) is 6.54 Å². The number of nitrogens with zero attached hydrogens (tertiary/aromatic N) is 1. The van der Waals surface area contributed by atoms with Crippen molar-refractivity contribution in [2.24, 2.45) is 0 Å². The monoisotopic (exact) mass is 376 g/mol. The van der Waals surface area contributed by atoms with E-state index in [0.717, 1.165) is 21.7 Å². The lowest BCUT2D eigenvalue weighted by Crippen LogP contribution is -2.41. The zero-order valence-corrected chi connectivity index (χ0v) is 15.1. The Balaban J connectivity index is 1.67. The summed E-state index contributed by atoms with van der Waals surface area (Å²) in [5.74, 6) is -1.58. The number of hydrogen-bond donors (Lipinski definition) is 1. The Morgan fingerprint density at radius 2 is 1.75 bits per heavy atom. The molecule has 6 heteroatoms.